The van der Waals surface area contributed by atoms with E-state index in [2.05, 4.69) is 34.1 Å². The number of hydrogen-bond donors (Lipinski definition) is 1. The van der Waals surface area contributed by atoms with Crippen LogP contribution in [0.4, 0.5) is 4.39 Å². The van der Waals surface area contributed by atoms with Crippen molar-refractivity contribution in [3.8, 4) is 0 Å². The number of halogens is 2. The number of aliphatic hydroxyl groups is 1. The predicted molar refractivity (Wildman–Crippen MR) is 83.4 cm³/mol. The third kappa shape index (κ3) is 4.43. The van der Waals surface area contributed by atoms with Crippen molar-refractivity contribution < 1.29 is 9.50 Å². The molecule has 0 saturated heterocycles. The van der Waals surface area contributed by atoms with Crippen LogP contribution in [-0.2, 0) is 12.8 Å². The summed E-state index contributed by atoms with van der Waals surface area (Å²) < 4.78 is 14.0. The molecular formula is C17H18BrFO. The molecular weight excluding hydrogens is 319 g/mol. The Morgan fingerprint density at radius 2 is 1.50 bits per heavy atom. The average molecular weight is 337 g/mol. The van der Waals surface area contributed by atoms with Gasteiger partial charge in [-0.25, -0.2) is 4.39 Å². The number of hydrogen-bond acceptors (Lipinski definition) is 1. The van der Waals surface area contributed by atoms with Crippen molar-refractivity contribution >= 4 is 15.9 Å². The molecule has 106 valence electrons. The topological polar surface area (TPSA) is 20.2 Å². The first-order chi connectivity index (χ1) is 9.42. The smallest absolute Gasteiger partial charge is 0.124 e. The second-order valence-electron chi connectivity index (χ2n) is 5.34. The van der Waals surface area contributed by atoms with E-state index in [1.165, 1.54) is 23.3 Å². The quantitative estimate of drug-likeness (QED) is 0.879. The van der Waals surface area contributed by atoms with Crippen LogP contribution in [0.1, 0.15) is 22.3 Å². The fraction of sp³-hybridized carbons (Fsp3) is 0.294. The van der Waals surface area contributed by atoms with Gasteiger partial charge in [-0.05, 0) is 56.0 Å². The summed E-state index contributed by atoms with van der Waals surface area (Å²) >= 11 is 3.27. The van der Waals surface area contributed by atoms with Crippen molar-refractivity contribution in [1.82, 2.24) is 0 Å². The number of aliphatic hydroxyl groups excluding tert-OH is 1. The van der Waals surface area contributed by atoms with Crippen molar-refractivity contribution in [3.63, 3.8) is 0 Å². The van der Waals surface area contributed by atoms with Gasteiger partial charge in [0.05, 0.1) is 6.10 Å². The molecule has 0 saturated carbocycles. The molecule has 0 aliphatic heterocycles. The van der Waals surface area contributed by atoms with Crippen LogP contribution in [0.25, 0.3) is 0 Å². The zero-order valence-electron chi connectivity index (χ0n) is 11.7. The van der Waals surface area contributed by atoms with Crippen molar-refractivity contribution in [3.05, 3.63) is 68.9 Å². The van der Waals surface area contributed by atoms with Crippen molar-refractivity contribution in [2.75, 3.05) is 0 Å². The monoisotopic (exact) mass is 336 g/mol. The zero-order chi connectivity index (χ0) is 14.7. The maximum Gasteiger partial charge on any atom is 0.124 e. The summed E-state index contributed by atoms with van der Waals surface area (Å²) in [6, 6.07) is 11.0. The third-order valence-electron chi connectivity index (χ3n) is 3.15. The Bertz CT molecular complexity index is 516. The highest BCUT2D eigenvalue weighted by atomic mass is 79.9. The van der Waals surface area contributed by atoms with Crippen molar-refractivity contribution in [2.45, 2.75) is 32.8 Å². The summed E-state index contributed by atoms with van der Waals surface area (Å²) in [5.41, 5.74) is 4.31. The largest absolute Gasteiger partial charge is 0.392 e. The second kappa shape index (κ2) is 6.51. The van der Waals surface area contributed by atoms with Gasteiger partial charge in [-0.1, -0.05) is 45.3 Å². The lowest BCUT2D eigenvalue weighted by molar-refractivity contribution is 0.175. The van der Waals surface area contributed by atoms with Crippen LogP contribution in [0.15, 0.2) is 40.9 Å². The maximum absolute atomic E-state index is 13.3. The molecule has 1 nitrogen and oxygen atoms in total. The van der Waals surface area contributed by atoms with E-state index in [1.807, 2.05) is 19.9 Å². The first-order valence-electron chi connectivity index (χ1n) is 6.62. The molecule has 2 rings (SSSR count). The molecule has 0 spiro atoms. The molecule has 2 aromatic carbocycles. The molecule has 1 atom stereocenters. The summed E-state index contributed by atoms with van der Waals surface area (Å²) in [6.07, 6.45) is 0.518. The van der Waals surface area contributed by atoms with E-state index >= 15 is 0 Å². The Kier molecular flexibility index (Phi) is 4.95. The van der Waals surface area contributed by atoms with E-state index in [-0.39, 0.29) is 5.82 Å². The molecule has 0 radical (unpaired) electrons. The Morgan fingerprint density at radius 1 is 0.950 bits per heavy atom. The van der Waals surface area contributed by atoms with Crippen LogP contribution in [0, 0.1) is 19.7 Å². The van der Waals surface area contributed by atoms with Gasteiger partial charge < -0.3 is 5.11 Å². The summed E-state index contributed by atoms with van der Waals surface area (Å²) in [6.45, 7) is 4.10. The molecule has 0 aliphatic carbocycles. The van der Waals surface area contributed by atoms with Gasteiger partial charge in [0, 0.05) is 4.47 Å². The molecule has 0 heterocycles. The van der Waals surface area contributed by atoms with Crippen LogP contribution in [-0.4, -0.2) is 11.2 Å². The lowest BCUT2D eigenvalue weighted by Gasteiger charge is -2.12. The van der Waals surface area contributed by atoms with Gasteiger partial charge in [0.1, 0.15) is 5.82 Å². The van der Waals surface area contributed by atoms with Crippen LogP contribution in [0.2, 0.25) is 0 Å². The molecule has 0 fully saturated rings. The molecule has 0 aliphatic rings. The van der Waals surface area contributed by atoms with Crippen LogP contribution in [0.5, 0.6) is 0 Å². The Labute approximate surface area is 127 Å². The SMILES string of the molecule is Cc1cc(C)cc(CC(O)Cc2cc(F)cc(Br)c2)c1. The van der Waals surface area contributed by atoms with Crippen LogP contribution >= 0.6 is 15.9 Å². The summed E-state index contributed by atoms with van der Waals surface area (Å²) in [4.78, 5) is 0. The van der Waals surface area contributed by atoms with E-state index < -0.39 is 6.10 Å². The predicted octanol–water partition coefficient (Wildman–Crippen LogP) is 4.35. The minimum Gasteiger partial charge on any atom is -0.392 e. The molecule has 0 bridgehead atoms. The fourth-order valence-corrected chi connectivity index (χ4v) is 3.04. The Morgan fingerprint density at radius 3 is 2.05 bits per heavy atom. The van der Waals surface area contributed by atoms with Gasteiger partial charge in [-0.15, -0.1) is 0 Å². The third-order valence-corrected chi connectivity index (χ3v) is 3.60. The maximum atomic E-state index is 13.3. The Hall–Kier alpha value is -1.19. The van der Waals surface area contributed by atoms with Gasteiger partial charge in [0.25, 0.3) is 0 Å². The highest BCUT2D eigenvalue weighted by Gasteiger charge is 2.09. The molecule has 1 N–H and O–H groups in total. The molecule has 0 amide bonds. The molecule has 1 unspecified atom stereocenters. The molecule has 2 aromatic rings. The second-order valence-corrected chi connectivity index (χ2v) is 6.25. The summed E-state index contributed by atoms with van der Waals surface area (Å²) in [5.74, 6) is -0.284. The van der Waals surface area contributed by atoms with E-state index in [0.29, 0.717) is 17.3 Å². The van der Waals surface area contributed by atoms with E-state index in [4.69, 9.17) is 0 Å². The van der Waals surface area contributed by atoms with Gasteiger partial charge in [-0.3, -0.25) is 0 Å². The van der Waals surface area contributed by atoms with Crippen LogP contribution in [0.3, 0.4) is 0 Å². The van der Waals surface area contributed by atoms with Crippen molar-refractivity contribution in [1.29, 1.82) is 0 Å². The zero-order valence-corrected chi connectivity index (χ0v) is 13.2. The van der Waals surface area contributed by atoms with Gasteiger partial charge in [0.2, 0.25) is 0 Å². The normalized spacial score (nSPS) is 12.4. The highest BCUT2D eigenvalue weighted by Crippen LogP contribution is 2.18. The van der Waals surface area contributed by atoms with Gasteiger partial charge in [-0.2, -0.15) is 0 Å². The average Bonchev–Trinajstić information content (AvgIpc) is 2.24. The van der Waals surface area contributed by atoms with E-state index in [1.54, 1.807) is 0 Å². The highest BCUT2D eigenvalue weighted by molar-refractivity contribution is 9.10. The first-order valence-corrected chi connectivity index (χ1v) is 7.42. The van der Waals surface area contributed by atoms with Crippen LogP contribution < -0.4 is 0 Å². The number of rotatable bonds is 4. The lowest BCUT2D eigenvalue weighted by Crippen LogP contribution is -2.14. The minimum absolute atomic E-state index is 0.284. The van der Waals surface area contributed by atoms with Crippen molar-refractivity contribution in [2.24, 2.45) is 0 Å². The number of aryl methyl sites for hydroxylation is 2. The summed E-state index contributed by atoms with van der Waals surface area (Å²) in [7, 11) is 0. The first kappa shape index (κ1) is 15.2. The Balaban J connectivity index is 2.06. The van der Waals surface area contributed by atoms with E-state index in [0.717, 1.165) is 11.1 Å². The molecule has 20 heavy (non-hydrogen) atoms. The van der Waals surface area contributed by atoms with Gasteiger partial charge >= 0.3 is 0 Å². The number of benzene rings is 2. The standard InChI is InChI=1S/C17H18BrFO/c1-11-3-12(2)5-13(4-11)8-17(20)9-14-6-15(18)10-16(19)7-14/h3-7,10,17,20H,8-9H2,1-2H3. The molecule has 3 heteroatoms. The van der Waals surface area contributed by atoms with Gasteiger partial charge in [0.15, 0.2) is 0 Å². The summed E-state index contributed by atoms with van der Waals surface area (Å²) in [5, 5.41) is 10.2. The minimum atomic E-state index is -0.509. The lowest BCUT2D eigenvalue weighted by atomic mass is 9.98. The molecule has 0 aromatic heterocycles. The fourth-order valence-electron chi connectivity index (χ4n) is 2.53. The van der Waals surface area contributed by atoms with E-state index in [9.17, 15) is 9.50 Å².